The standard InChI is InChI=1S/C15H16N2O3S/c1-18-12-6-11(14(16)21)7-13(8-12)20-9-10-4-3-5-17-15(10)19-2/h3-8H,9H2,1-2H3,(H2,16,21). The van der Waals surface area contributed by atoms with Crippen LogP contribution in [0.5, 0.6) is 17.4 Å². The van der Waals surface area contributed by atoms with E-state index in [0.717, 1.165) is 5.56 Å². The van der Waals surface area contributed by atoms with Crippen LogP contribution >= 0.6 is 12.2 Å². The van der Waals surface area contributed by atoms with Crippen LogP contribution in [-0.4, -0.2) is 24.2 Å². The van der Waals surface area contributed by atoms with E-state index in [0.29, 0.717) is 29.5 Å². The van der Waals surface area contributed by atoms with E-state index in [1.807, 2.05) is 12.1 Å². The average molecular weight is 304 g/mol. The van der Waals surface area contributed by atoms with Gasteiger partial charge in [0.1, 0.15) is 23.1 Å². The Morgan fingerprint density at radius 3 is 2.62 bits per heavy atom. The molecular formula is C15H16N2O3S. The molecule has 0 amide bonds. The molecule has 0 aliphatic heterocycles. The van der Waals surface area contributed by atoms with Gasteiger partial charge in [0.25, 0.3) is 0 Å². The monoisotopic (exact) mass is 304 g/mol. The van der Waals surface area contributed by atoms with Gasteiger partial charge in [-0.1, -0.05) is 12.2 Å². The molecule has 0 radical (unpaired) electrons. The Morgan fingerprint density at radius 2 is 1.95 bits per heavy atom. The zero-order valence-electron chi connectivity index (χ0n) is 11.8. The summed E-state index contributed by atoms with van der Waals surface area (Å²) in [6.07, 6.45) is 1.67. The number of hydrogen-bond donors (Lipinski definition) is 1. The number of benzene rings is 1. The molecule has 0 atom stereocenters. The van der Waals surface area contributed by atoms with Gasteiger partial charge in [-0.15, -0.1) is 0 Å². The van der Waals surface area contributed by atoms with Gasteiger partial charge in [-0.25, -0.2) is 4.98 Å². The largest absolute Gasteiger partial charge is 0.497 e. The molecule has 1 aromatic carbocycles. The Kier molecular flexibility index (Phi) is 4.94. The smallest absolute Gasteiger partial charge is 0.219 e. The van der Waals surface area contributed by atoms with Gasteiger partial charge in [0.15, 0.2) is 0 Å². The second kappa shape index (κ2) is 6.90. The number of nitrogens with zero attached hydrogens (tertiary/aromatic N) is 1. The van der Waals surface area contributed by atoms with Crippen molar-refractivity contribution in [2.75, 3.05) is 14.2 Å². The Labute approximate surface area is 128 Å². The van der Waals surface area contributed by atoms with Crippen LogP contribution in [0.4, 0.5) is 0 Å². The molecule has 0 bridgehead atoms. The fourth-order valence-corrected chi connectivity index (χ4v) is 1.91. The lowest BCUT2D eigenvalue weighted by molar-refractivity contribution is 0.292. The highest BCUT2D eigenvalue weighted by Crippen LogP contribution is 2.24. The molecule has 0 saturated heterocycles. The zero-order valence-corrected chi connectivity index (χ0v) is 12.6. The molecule has 21 heavy (non-hydrogen) atoms. The molecule has 5 nitrogen and oxygen atoms in total. The summed E-state index contributed by atoms with van der Waals surface area (Å²) in [6.45, 7) is 0.320. The van der Waals surface area contributed by atoms with Gasteiger partial charge in [0, 0.05) is 17.8 Å². The van der Waals surface area contributed by atoms with Gasteiger partial charge >= 0.3 is 0 Å². The number of nitrogens with two attached hydrogens (primary N) is 1. The summed E-state index contributed by atoms with van der Waals surface area (Å²) >= 11 is 4.98. The molecule has 0 aliphatic carbocycles. The second-order valence-electron chi connectivity index (χ2n) is 4.22. The van der Waals surface area contributed by atoms with E-state index < -0.39 is 0 Å². The lowest BCUT2D eigenvalue weighted by Gasteiger charge is -2.11. The van der Waals surface area contributed by atoms with E-state index in [-0.39, 0.29) is 4.99 Å². The van der Waals surface area contributed by atoms with Crippen molar-refractivity contribution >= 4 is 17.2 Å². The molecule has 0 saturated carbocycles. The predicted molar refractivity (Wildman–Crippen MR) is 84.0 cm³/mol. The van der Waals surface area contributed by atoms with Gasteiger partial charge in [-0.05, 0) is 24.3 Å². The molecule has 110 valence electrons. The number of thiocarbonyl (C=S) groups is 1. The van der Waals surface area contributed by atoms with Crippen molar-refractivity contribution in [3.8, 4) is 17.4 Å². The van der Waals surface area contributed by atoms with Crippen LogP contribution in [0.2, 0.25) is 0 Å². The van der Waals surface area contributed by atoms with E-state index in [1.165, 1.54) is 0 Å². The Hall–Kier alpha value is -2.34. The van der Waals surface area contributed by atoms with Crippen molar-refractivity contribution in [3.63, 3.8) is 0 Å². The maximum absolute atomic E-state index is 5.75. The summed E-state index contributed by atoms with van der Waals surface area (Å²) in [5, 5.41) is 0. The number of methoxy groups -OCH3 is 2. The molecule has 0 unspecified atom stereocenters. The molecule has 0 fully saturated rings. The third-order valence-corrected chi connectivity index (χ3v) is 3.07. The molecule has 0 aliphatic rings. The maximum Gasteiger partial charge on any atom is 0.219 e. The van der Waals surface area contributed by atoms with Gasteiger partial charge < -0.3 is 19.9 Å². The van der Waals surface area contributed by atoms with Crippen molar-refractivity contribution in [1.29, 1.82) is 0 Å². The molecule has 2 aromatic rings. The minimum absolute atomic E-state index is 0.290. The molecule has 6 heteroatoms. The van der Waals surface area contributed by atoms with Crippen LogP contribution < -0.4 is 19.9 Å². The van der Waals surface area contributed by atoms with Crippen LogP contribution in [0, 0.1) is 0 Å². The molecule has 1 heterocycles. The summed E-state index contributed by atoms with van der Waals surface area (Å²) in [5.41, 5.74) is 7.19. The highest BCUT2D eigenvalue weighted by molar-refractivity contribution is 7.80. The number of rotatable bonds is 6. The Bertz CT molecular complexity index is 647. The minimum Gasteiger partial charge on any atom is -0.497 e. The van der Waals surface area contributed by atoms with Crippen molar-refractivity contribution in [2.24, 2.45) is 5.73 Å². The average Bonchev–Trinajstić information content (AvgIpc) is 2.52. The van der Waals surface area contributed by atoms with Crippen LogP contribution in [-0.2, 0) is 6.61 Å². The first-order valence-electron chi connectivity index (χ1n) is 6.23. The van der Waals surface area contributed by atoms with Crippen LogP contribution in [0.3, 0.4) is 0 Å². The summed E-state index contributed by atoms with van der Waals surface area (Å²) < 4.78 is 16.1. The molecule has 2 rings (SSSR count). The van der Waals surface area contributed by atoms with E-state index >= 15 is 0 Å². The predicted octanol–water partition coefficient (Wildman–Crippen LogP) is 2.31. The quantitative estimate of drug-likeness (QED) is 0.826. The highest BCUT2D eigenvalue weighted by atomic mass is 32.1. The van der Waals surface area contributed by atoms with Gasteiger partial charge in [0.05, 0.1) is 19.8 Å². The highest BCUT2D eigenvalue weighted by Gasteiger charge is 2.07. The number of hydrogen-bond acceptors (Lipinski definition) is 5. The van der Waals surface area contributed by atoms with Crippen LogP contribution in [0.1, 0.15) is 11.1 Å². The lowest BCUT2D eigenvalue weighted by Crippen LogP contribution is -2.10. The lowest BCUT2D eigenvalue weighted by atomic mass is 10.2. The van der Waals surface area contributed by atoms with E-state index in [2.05, 4.69) is 4.98 Å². The zero-order chi connectivity index (χ0) is 15.2. The van der Waals surface area contributed by atoms with E-state index in [9.17, 15) is 0 Å². The van der Waals surface area contributed by atoms with Crippen molar-refractivity contribution in [1.82, 2.24) is 4.98 Å². The van der Waals surface area contributed by atoms with Crippen molar-refractivity contribution in [3.05, 3.63) is 47.7 Å². The second-order valence-corrected chi connectivity index (χ2v) is 4.66. The molecule has 2 N–H and O–H groups in total. The molecule has 1 aromatic heterocycles. The van der Waals surface area contributed by atoms with E-state index in [1.54, 1.807) is 38.6 Å². The third-order valence-electron chi connectivity index (χ3n) is 2.84. The van der Waals surface area contributed by atoms with Gasteiger partial charge in [-0.2, -0.15) is 0 Å². The number of pyridine rings is 1. The number of aromatic nitrogens is 1. The fraction of sp³-hybridized carbons (Fsp3) is 0.200. The first kappa shape index (κ1) is 15.1. The van der Waals surface area contributed by atoms with Crippen LogP contribution in [0.25, 0.3) is 0 Å². The SMILES string of the molecule is COc1cc(OCc2cccnc2OC)cc(C(N)=S)c1. The summed E-state index contributed by atoms with van der Waals surface area (Å²) in [7, 11) is 3.15. The summed E-state index contributed by atoms with van der Waals surface area (Å²) in [4.78, 5) is 4.41. The topological polar surface area (TPSA) is 66.6 Å². The van der Waals surface area contributed by atoms with Crippen molar-refractivity contribution in [2.45, 2.75) is 6.61 Å². The summed E-state index contributed by atoms with van der Waals surface area (Å²) in [6, 6.07) is 9.02. The van der Waals surface area contributed by atoms with Gasteiger partial charge in [0.2, 0.25) is 5.88 Å². The molecule has 0 spiro atoms. The van der Waals surface area contributed by atoms with Crippen LogP contribution in [0.15, 0.2) is 36.5 Å². The molecular weight excluding hydrogens is 288 g/mol. The number of ether oxygens (including phenoxy) is 3. The maximum atomic E-state index is 5.75. The summed E-state index contributed by atoms with van der Waals surface area (Å²) in [5.74, 6) is 1.78. The minimum atomic E-state index is 0.290. The first-order chi connectivity index (χ1) is 10.1. The Morgan fingerprint density at radius 1 is 1.19 bits per heavy atom. The fourth-order valence-electron chi connectivity index (χ4n) is 1.79. The Balaban J connectivity index is 2.19. The van der Waals surface area contributed by atoms with Crippen molar-refractivity contribution < 1.29 is 14.2 Å². The third kappa shape index (κ3) is 3.82. The van der Waals surface area contributed by atoms with E-state index in [4.69, 9.17) is 32.2 Å². The first-order valence-corrected chi connectivity index (χ1v) is 6.64. The normalized spacial score (nSPS) is 10.0. The van der Waals surface area contributed by atoms with Gasteiger partial charge in [-0.3, -0.25) is 0 Å².